The van der Waals surface area contributed by atoms with Crippen molar-refractivity contribution in [1.29, 1.82) is 0 Å². The number of hydrogen-bond donors (Lipinski definition) is 2. The number of rotatable bonds is 2. The van der Waals surface area contributed by atoms with E-state index in [0.29, 0.717) is 12.8 Å². The maximum absolute atomic E-state index is 10.8. The summed E-state index contributed by atoms with van der Waals surface area (Å²) in [5.74, 6) is 12.0. The lowest BCUT2D eigenvalue weighted by molar-refractivity contribution is -0.0456. The predicted octanol–water partition coefficient (Wildman–Crippen LogP) is 1.86. The predicted molar refractivity (Wildman–Crippen MR) is 87.9 cm³/mol. The lowest BCUT2D eigenvalue weighted by Crippen LogP contribution is -2.54. The zero-order chi connectivity index (χ0) is 16.8. The molecule has 122 valence electrons. The van der Waals surface area contributed by atoms with Crippen molar-refractivity contribution in [2.45, 2.75) is 42.2 Å². The highest BCUT2D eigenvalue weighted by molar-refractivity contribution is 5.51. The molecule has 3 aliphatic rings. The van der Waals surface area contributed by atoms with Gasteiger partial charge in [0.1, 0.15) is 17.5 Å². The van der Waals surface area contributed by atoms with Gasteiger partial charge in [0.15, 0.2) is 11.2 Å². The molecule has 1 saturated heterocycles. The fourth-order valence-corrected chi connectivity index (χ4v) is 4.25. The minimum Gasteiger partial charge on any atom is -0.508 e. The van der Waals surface area contributed by atoms with Crippen molar-refractivity contribution in [3.63, 3.8) is 0 Å². The second kappa shape index (κ2) is 5.13. The fraction of sp³-hybridized carbons (Fsp3) is 0.400. The Labute approximate surface area is 141 Å². The number of ether oxygens (including phenoxy) is 2. The highest BCUT2D eigenvalue weighted by Crippen LogP contribution is 2.70. The number of aromatic hydroxyl groups is 1. The number of aliphatic hydroxyl groups is 1. The third kappa shape index (κ3) is 1.77. The van der Waals surface area contributed by atoms with E-state index in [1.54, 1.807) is 37.5 Å². The molecule has 0 radical (unpaired) electrons. The van der Waals surface area contributed by atoms with Crippen LogP contribution < -0.4 is 0 Å². The third-order valence-corrected chi connectivity index (χ3v) is 5.32. The van der Waals surface area contributed by atoms with Gasteiger partial charge in [-0.1, -0.05) is 35.8 Å². The molecule has 24 heavy (non-hydrogen) atoms. The van der Waals surface area contributed by atoms with Gasteiger partial charge in [-0.25, -0.2) is 0 Å². The molecule has 4 heteroatoms. The molecule has 4 atom stereocenters. The number of methoxy groups -OCH3 is 1. The molecule has 2 aliphatic carbocycles. The summed E-state index contributed by atoms with van der Waals surface area (Å²) in [6.45, 7) is 0. The van der Waals surface area contributed by atoms with Crippen molar-refractivity contribution in [3.8, 4) is 29.4 Å². The van der Waals surface area contributed by atoms with Gasteiger partial charge in [0.25, 0.3) is 0 Å². The van der Waals surface area contributed by atoms with Gasteiger partial charge in [-0.2, -0.15) is 0 Å². The molecular weight excluding hydrogens is 304 g/mol. The first-order valence-electron chi connectivity index (χ1n) is 8.02. The molecule has 0 spiro atoms. The first-order chi connectivity index (χ1) is 11.6. The number of hydrogen-bond acceptors (Lipinski definition) is 4. The average molecular weight is 322 g/mol. The summed E-state index contributed by atoms with van der Waals surface area (Å²) >= 11 is 0. The van der Waals surface area contributed by atoms with E-state index in [2.05, 4.69) is 23.7 Å². The van der Waals surface area contributed by atoms with Gasteiger partial charge in [0.2, 0.25) is 0 Å². The molecule has 2 fully saturated rings. The Bertz CT molecular complexity index is 836. The molecule has 4 rings (SSSR count). The van der Waals surface area contributed by atoms with Crippen molar-refractivity contribution in [2.24, 2.45) is 0 Å². The van der Waals surface area contributed by atoms with E-state index in [-0.39, 0.29) is 5.75 Å². The smallest absolute Gasteiger partial charge is 0.167 e. The Morgan fingerprint density at radius 2 is 2.08 bits per heavy atom. The van der Waals surface area contributed by atoms with Gasteiger partial charge in [0, 0.05) is 7.11 Å². The Hall–Kier alpha value is -2.24. The van der Waals surface area contributed by atoms with E-state index in [1.807, 2.05) is 6.07 Å². The minimum absolute atomic E-state index is 0.141. The fourth-order valence-electron chi connectivity index (χ4n) is 4.25. The quantitative estimate of drug-likeness (QED) is 0.644. The number of aliphatic hydroxyl groups excluding tert-OH is 1. The van der Waals surface area contributed by atoms with Crippen molar-refractivity contribution in [2.75, 3.05) is 7.11 Å². The van der Waals surface area contributed by atoms with Gasteiger partial charge in [0.05, 0.1) is 0 Å². The van der Waals surface area contributed by atoms with E-state index in [9.17, 15) is 10.2 Å². The molecule has 0 unspecified atom stereocenters. The standard InChI is InChI=1S/C20H18O4/c1-23-18-11-5-3-2-4-10-17(22)19(13-7-12-18)20(18,24-19)15-8-6-9-16(21)14-15/h2-3,6,8-9,14,17,21-22H,7,12-13H2,1H3/b3-2+/t17-,18-,19+,20+/m1/s1. The molecule has 0 amide bonds. The Morgan fingerprint density at radius 1 is 1.25 bits per heavy atom. The van der Waals surface area contributed by atoms with Crippen LogP contribution in [0, 0.1) is 23.7 Å². The first-order valence-corrected chi connectivity index (χ1v) is 8.02. The number of epoxide rings is 1. The van der Waals surface area contributed by atoms with Crippen LogP contribution in [0.4, 0.5) is 0 Å². The molecular formula is C20H18O4. The summed E-state index contributed by atoms with van der Waals surface area (Å²) in [6, 6.07) is 6.90. The summed E-state index contributed by atoms with van der Waals surface area (Å²) in [7, 11) is 1.62. The van der Waals surface area contributed by atoms with Crippen LogP contribution in [-0.4, -0.2) is 34.6 Å². The highest BCUT2D eigenvalue weighted by Gasteiger charge is 2.83. The Balaban J connectivity index is 1.99. The monoisotopic (exact) mass is 322 g/mol. The Kier molecular flexibility index (Phi) is 3.27. The van der Waals surface area contributed by atoms with Crippen LogP contribution in [0.3, 0.4) is 0 Å². The van der Waals surface area contributed by atoms with E-state index >= 15 is 0 Å². The number of benzene rings is 1. The molecule has 1 saturated carbocycles. The third-order valence-electron chi connectivity index (χ3n) is 5.32. The van der Waals surface area contributed by atoms with E-state index in [0.717, 1.165) is 12.0 Å². The van der Waals surface area contributed by atoms with E-state index < -0.39 is 22.9 Å². The summed E-state index contributed by atoms with van der Waals surface area (Å²) < 4.78 is 12.2. The molecule has 2 bridgehead atoms. The van der Waals surface area contributed by atoms with Crippen LogP contribution in [0.2, 0.25) is 0 Å². The second-order valence-corrected chi connectivity index (χ2v) is 6.40. The molecule has 0 aromatic heterocycles. The molecule has 2 N–H and O–H groups in total. The SMILES string of the molecule is CO[C@]12C#C/C=C/C#C[C@@H](O)[C@]3(CCC1)O[C@@]23c1cccc(O)c1. The summed E-state index contributed by atoms with van der Waals surface area (Å²) in [5.41, 5.74) is -1.97. The molecule has 1 aromatic rings. The number of phenols is 1. The van der Waals surface area contributed by atoms with Crippen molar-refractivity contribution >= 4 is 0 Å². The van der Waals surface area contributed by atoms with Gasteiger partial charge < -0.3 is 19.7 Å². The molecule has 1 heterocycles. The van der Waals surface area contributed by atoms with E-state index in [4.69, 9.17) is 9.47 Å². The topological polar surface area (TPSA) is 62.2 Å². The van der Waals surface area contributed by atoms with E-state index in [1.165, 1.54) is 0 Å². The normalized spacial score (nSPS) is 40.2. The maximum Gasteiger partial charge on any atom is 0.167 e. The van der Waals surface area contributed by atoms with Crippen LogP contribution in [0.25, 0.3) is 0 Å². The van der Waals surface area contributed by atoms with Crippen LogP contribution >= 0.6 is 0 Å². The summed E-state index contributed by atoms with van der Waals surface area (Å²) in [6.07, 6.45) is 4.47. The van der Waals surface area contributed by atoms with Crippen molar-refractivity contribution < 1.29 is 19.7 Å². The van der Waals surface area contributed by atoms with Gasteiger partial charge in [-0.3, -0.25) is 0 Å². The average Bonchev–Trinajstić information content (AvgIpc) is 3.30. The molecule has 1 aromatic carbocycles. The second-order valence-electron chi connectivity index (χ2n) is 6.40. The minimum atomic E-state index is -0.959. The number of allylic oxidation sites excluding steroid dienone is 2. The lowest BCUT2D eigenvalue weighted by Gasteiger charge is -2.40. The zero-order valence-electron chi connectivity index (χ0n) is 13.4. The van der Waals surface area contributed by atoms with Crippen LogP contribution in [0.1, 0.15) is 24.8 Å². The molecule has 1 aliphatic heterocycles. The maximum atomic E-state index is 10.8. The molecule has 4 nitrogen and oxygen atoms in total. The highest BCUT2D eigenvalue weighted by atomic mass is 16.7. The van der Waals surface area contributed by atoms with Gasteiger partial charge in [-0.15, -0.1) is 0 Å². The first kappa shape index (κ1) is 15.3. The van der Waals surface area contributed by atoms with Crippen LogP contribution in [0.5, 0.6) is 5.75 Å². The summed E-state index contributed by atoms with van der Waals surface area (Å²) in [5, 5.41) is 20.7. The van der Waals surface area contributed by atoms with Gasteiger partial charge >= 0.3 is 0 Å². The van der Waals surface area contributed by atoms with Crippen molar-refractivity contribution in [3.05, 3.63) is 42.0 Å². The lowest BCUT2D eigenvalue weighted by atomic mass is 9.64. The Morgan fingerprint density at radius 3 is 2.88 bits per heavy atom. The van der Waals surface area contributed by atoms with Gasteiger partial charge in [-0.05, 0) is 49.1 Å². The largest absolute Gasteiger partial charge is 0.508 e. The van der Waals surface area contributed by atoms with Crippen LogP contribution in [-0.2, 0) is 15.1 Å². The zero-order valence-corrected chi connectivity index (χ0v) is 13.4. The number of phenolic OH excluding ortho intramolecular Hbond substituents is 1. The van der Waals surface area contributed by atoms with Crippen molar-refractivity contribution in [1.82, 2.24) is 0 Å². The summed E-state index contributed by atoms with van der Waals surface area (Å²) in [4.78, 5) is 0. The van der Waals surface area contributed by atoms with Crippen LogP contribution in [0.15, 0.2) is 36.4 Å².